The predicted octanol–water partition coefficient (Wildman–Crippen LogP) is 4.91. The molecule has 0 saturated heterocycles. The topological polar surface area (TPSA) is 52.0 Å². The van der Waals surface area contributed by atoms with Gasteiger partial charge in [-0.05, 0) is 47.2 Å². The molecular weight excluding hydrogens is 268 g/mol. The molecule has 0 unspecified atom stereocenters. The maximum Gasteiger partial charge on any atom is 0.0346 e. The average Bonchev–Trinajstić information content (AvgIpc) is 2.51. The molecule has 2 aromatic carbocycles. The molecule has 0 aromatic heterocycles. The van der Waals surface area contributed by atoms with Gasteiger partial charge >= 0.3 is 0 Å². The molecule has 0 heterocycles. The van der Waals surface area contributed by atoms with Crippen molar-refractivity contribution in [2.75, 3.05) is 11.5 Å². The van der Waals surface area contributed by atoms with Gasteiger partial charge in [-0.15, -0.1) is 0 Å². The minimum absolute atomic E-state index is 0.354. The molecule has 0 atom stereocenters. The Morgan fingerprint density at radius 1 is 0.773 bits per heavy atom. The highest BCUT2D eigenvalue weighted by atomic mass is 14.6. The van der Waals surface area contributed by atoms with Gasteiger partial charge in [0, 0.05) is 17.3 Å². The molecule has 2 aromatic rings. The summed E-state index contributed by atoms with van der Waals surface area (Å²) in [5.74, 6) is 0.354. The van der Waals surface area contributed by atoms with E-state index in [0.29, 0.717) is 5.92 Å². The van der Waals surface area contributed by atoms with Crippen LogP contribution in [-0.2, 0) is 12.8 Å². The van der Waals surface area contributed by atoms with Gasteiger partial charge < -0.3 is 11.5 Å². The number of benzene rings is 2. The first kappa shape index (κ1) is 16.4. The van der Waals surface area contributed by atoms with Crippen molar-refractivity contribution < 1.29 is 0 Å². The molecule has 0 fully saturated rings. The van der Waals surface area contributed by atoms with E-state index in [9.17, 15) is 0 Å². The van der Waals surface area contributed by atoms with E-state index in [1.165, 1.54) is 22.3 Å². The minimum Gasteiger partial charge on any atom is -0.399 e. The summed E-state index contributed by atoms with van der Waals surface area (Å²) >= 11 is 0. The van der Waals surface area contributed by atoms with Crippen molar-refractivity contribution in [1.82, 2.24) is 0 Å². The van der Waals surface area contributed by atoms with Gasteiger partial charge in [0.2, 0.25) is 0 Å². The summed E-state index contributed by atoms with van der Waals surface area (Å²) in [5.41, 5.74) is 19.1. The Kier molecular flexibility index (Phi) is 5.48. The summed E-state index contributed by atoms with van der Waals surface area (Å²) in [6.45, 7) is 6.63. The summed E-state index contributed by atoms with van der Waals surface area (Å²) in [4.78, 5) is 0. The van der Waals surface area contributed by atoms with Crippen molar-refractivity contribution in [1.29, 1.82) is 0 Å². The lowest BCUT2D eigenvalue weighted by molar-refractivity contribution is 0.882. The van der Waals surface area contributed by atoms with Crippen LogP contribution in [0.3, 0.4) is 0 Å². The highest BCUT2D eigenvalue weighted by Gasteiger charge is 2.12. The Balaban J connectivity index is 2.33. The van der Waals surface area contributed by atoms with E-state index in [4.69, 9.17) is 11.5 Å². The Hall–Kier alpha value is -1.96. The van der Waals surface area contributed by atoms with Crippen LogP contribution >= 0.6 is 0 Å². The second kappa shape index (κ2) is 7.35. The second-order valence-electron chi connectivity index (χ2n) is 6.14. The summed E-state index contributed by atoms with van der Waals surface area (Å²) < 4.78 is 0. The van der Waals surface area contributed by atoms with E-state index in [0.717, 1.165) is 37.1 Å². The molecule has 4 N–H and O–H groups in total. The number of nitrogen functional groups attached to an aromatic ring is 2. The van der Waals surface area contributed by atoms with Crippen molar-refractivity contribution in [3.63, 3.8) is 0 Å². The van der Waals surface area contributed by atoms with E-state index >= 15 is 0 Å². The first-order valence-corrected chi connectivity index (χ1v) is 8.33. The van der Waals surface area contributed by atoms with Crippen molar-refractivity contribution in [3.05, 3.63) is 58.7 Å². The first-order chi connectivity index (χ1) is 10.6. The lowest BCUT2D eigenvalue weighted by atomic mass is 9.89. The van der Waals surface area contributed by atoms with Crippen LogP contribution in [0.15, 0.2) is 36.4 Å². The standard InChI is InChI=1S/C20H28N2/c1-4-6-17-12-15(8-10-19(17)21)14(3)16-9-11-20(22)18(13-16)7-5-2/h8-14H,4-7,21-22H2,1-3H3. The fourth-order valence-electron chi connectivity index (χ4n) is 2.95. The van der Waals surface area contributed by atoms with E-state index in [-0.39, 0.29) is 0 Å². The molecule has 2 rings (SSSR count). The number of anilines is 2. The van der Waals surface area contributed by atoms with Crippen LogP contribution in [-0.4, -0.2) is 0 Å². The van der Waals surface area contributed by atoms with Crippen molar-refractivity contribution in [2.24, 2.45) is 0 Å². The molecule has 0 aliphatic carbocycles. The normalized spacial score (nSPS) is 11.1. The van der Waals surface area contributed by atoms with E-state index in [1.54, 1.807) is 0 Å². The zero-order valence-corrected chi connectivity index (χ0v) is 14.0. The molecule has 0 spiro atoms. The number of aryl methyl sites for hydroxylation is 2. The Morgan fingerprint density at radius 2 is 1.18 bits per heavy atom. The van der Waals surface area contributed by atoms with Crippen LogP contribution in [0.5, 0.6) is 0 Å². The van der Waals surface area contributed by atoms with Crippen LogP contribution in [0.4, 0.5) is 11.4 Å². The summed E-state index contributed by atoms with van der Waals surface area (Å²) in [6, 6.07) is 12.9. The Morgan fingerprint density at radius 3 is 1.55 bits per heavy atom. The third kappa shape index (κ3) is 3.62. The largest absolute Gasteiger partial charge is 0.399 e. The molecule has 0 aliphatic heterocycles. The van der Waals surface area contributed by atoms with E-state index in [2.05, 4.69) is 45.0 Å². The summed E-state index contributed by atoms with van der Waals surface area (Å²) in [6.07, 6.45) is 4.31. The van der Waals surface area contributed by atoms with Gasteiger partial charge in [-0.3, -0.25) is 0 Å². The third-order valence-corrected chi connectivity index (χ3v) is 4.37. The smallest absolute Gasteiger partial charge is 0.0346 e. The number of hydrogen-bond acceptors (Lipinski definition) is 2. The highest BCUT2D eigenvalue weighted by Crippen LogP contribution is 2.29. The maximum atomic E-state index is 6.08. The van der Waals surface area contributed by atoms with Gasteiger partial charge in [-0.1, -0.05) is 57.9 Å². The van der Waals surface area contributed by atoms with Gasteiger partial charge in [-0.25, -0.2) is 0 Å². The number of nitrogens with two attached hydrogens (primary N) is 2. The van der Waals surface area contributed by atoms with Crippen LogP contribution in [0.25, 0.3) is 0 Å². The molecule has 0 amide bonds. The molecule has 0 aliphatic rings. The summed E-state index contributed by atoms with van der Waals surface area (Å²) in [7, 11) is 0. The third-order valence-electron chi connectivity index (χ3n) is 4.37. The molecular formula is C20H28N2. The molecule has 0 radical (unpaired) electrons. The van der Waals surface area contributed by atoms with Crippen LogP contribution in [0, 0.1) is 0 Å². The fraction of sp³-hybridized carbons (Fsp3) is 0.400. The van der Waals surface area contributed by atoms with Crippen molar-refractivity contribution in [3.8, 4) is 0 Å². The zero-order valence-electron chi connectivity index (χ0n) is 14.0. The monoisotopic (exact) mass is 296 g/mol. The molecule has 2 nitrogen and oxygen atoms in total. The SMILES string of the molecule is CCCc1cc(C(C)c2ccc(N)c(CCC)c2)ccc1N. The zero-order chi connectivity index (χ0) is 16.1. The van der Waals surface area contributed by atoms with Crippen LogP contribution < -0.4 is 11.5 Å². The van der Waals surface area contributed by atoms with Crippen molar-refractivity contribution >= 4 is 11.4 Å². The molecule has 2 heteroatoms. The second-order valence-corrected chi connectivity index (χ2v) is 6.14. The number of hydrogen-bond donors (Lipinski definition) is 2. The lowest BCUT2D eigenvalue weighted by Gasteiger charge is -2.17. The fourth-order valence-corrected chi connectivity index (χ4v) is 2.95. The minimum atomic E-state index is 0.354. The van der Waals surface area contributed by atoms with E-state index in [1.807, 2.05) is 12.1 Å². The number of rotatable bonds is 6. The van der Waals surface area contributed by atoms with Gasteiger partial charge in [-0.2, -0.15) is 0 Å². The van der Waals surface area contributed by atoms with Crippen LogP contribution in [0.2, 0.25) is 0 Å². The van der Waals surface area contributed by atoms with Gasteiger partial charge in [0.15, 0.2) is 0 Å². The average molecular weight is 296 g/mol. The molecule has 0 bridgehead atoms. The van der Waals surface area contributed by atoms with Crippen LogP contribution in [0.1, 0.15) is 61.8 Å². The molecule has 118 valence electrons. The highest BCUT2D eigenvalue weighted by molar-refractivity contribution is 5.53. The Labute approximate surface area is 134 Å². The molecule has 0 saturated carbocycles. The molecule has 22 heavy (non-hydrogen) atoms. The summed E-state index contributed by atoms with van der Waals surface area (Å²) in [5, 5.41) is 0. The predicted molar refractivity (Wildman–Crippen MR) is 97.2 cm³/mol. The Bertz CT molecular complexity index is 576. The van der Waals surface area contributed by atoms with Gasteiger partial charge in [0.05, 0.1) is 0 Å². The van der Waals surface area contributed by atoms with Gasteiger partial charge in [0.25, 0.3) is 0 Å². The van der Waals surface area contributed by atoms with Gasteiger partial charge in [0.1, 0.15) is 0 Å². The van der Waals surface area contributed by atoms with Crippen molar-refractivity contribution in [2.45, 2.75) is 52.4 Å². The quantitative estimate of drug-likeness (QED) is 0.744. The van der Waals surface area contributed by atoms with E-state index < -0.39 is 0 Å². The first-order valence-electron chi connectivity index (χ1n) is 8.33. The lowest BCUT2D eigenvalue weighted by Crippen LogP contribution is -2.02. The maximum absolute atomic E-state index is 6.08.